The third-order valence-corrected chi connectivity index (χ3v) is 5.54. The molecule has 0 radical (unpaired) electrons. The molecule has 1 saturated carbocycles. The molecule has 30 heavy (non-hydrogen) atoms. The summed E-state index contributed by atoms with van der Waals surface area (Å²) in [6, 6.07) is 6.64. The number of esters is 1. The van der Waals surface area contributed by atoms with Gasteiger partial charge in [0.15, 0.2) is 0 Å². The van der Waals surface area contributed by atoms with Crippen molar-refractivity contribution in [1.29, 1.82) is 5.26 Å². The van der Waals surface area contributed by atoms with Crippen molar-refractivity contribution in [3.8, 4) is 6.07 Å². The summed E-state index contributed by atoms with van der Waals surface area (Å²) in [5, 5.41) is 9.60. The second-order valence-electron chi connectivity index (χ2n) is 7.54. The fourth-order valence-electron chi connectivity index (χ4n) is 3.99. The number of nitrogens with two attached hydrogens (primary N) is 1. The molecular formula is C23H27FN2O4. The molecule has 1 aromatic rings. The summed E-state index contributed by atoms with van der Waals surface area (Å²) >= 11 is 0. The molecule has 1 aromatic carbocycles. The van der Waals surface area contributed by atoms with E-state index < -0.39 is 17.7 Å². The minimum atomic E-state index is -0.856. The number of rotatable bonds is 6. The van der Waals surface area contributed by atoms with Crippen molar-refractivity contribution in [3.05, 3.63) is 57.9 Å². The molecule has 1 heterocycles. The van der Waals surface area contributed by atoms with Gasteiger partial charge in [-0.15, -0.1) is 0 Å². The zero-order chi connectivity index (χ0) is 21.7. The van der Waals surface area contributed by atoms with E-state index in [0.29, 0.717) is 11.1 Å². The van der Waals surface area contributed by atoms with Crippen molar-refractivity contribution in [2.45, 2.75) is 64.6 Å². The van der Waals surface area contributed by atoms with Crippen LogP contribution in [0.3, 0.4) is 0 Å². The maximum absolute atomic E-state index is 14.9. The van der Waals surface area contributed by atoms with Crippen molar-refractivity contribution >= 4 is 5.97 Å². The van der Waals surface area contributed by atoms with Gasteiger partial charge < -0.3 is 19.9 Å². The molecule has 6 nitrogen and oxygen atoms in total. The second kappa shape index (κ2) is 9.77. The van der Waals surface area contributed by atoms with E-state index in [2.05, 4.69) is 0 Å². The van der Waals surface area contributed by atoms with Crippen LogP contribution in [0.1, 0.15) is 63.0 Å². The van der Waals surface area contributed by atoms with Gasteiger partial charge in [-0.2, -0.15) is 5.26 Å². The van der Waals surface area contributed by atoms with Gasteiger partial charge in [0.1, 0.15) is 23.2 Å². The lowest BCUT2D eigenvalue weighted by atomic mass is 9.82. The Kier molecular flexibility index (Phi) is 7.11. The Morgan fingerprint density at radius 3 is 2.70 bits per heavy atom. The number of carbonyl (C=O) groups excluding carboxylic acids is 1. The van der Waals surface area contributed by atoms with E-state index in [9.17, 15) is 14.4 Å². The van der Waals surface area contributed by atoms with Crippen LogP contribution in [0.15, 0.2) is 41.0 Å². The van der Waals surface area contributed by atoms with E-state index in [-0.39, 0.29) is 42.1 Å². The van der Waals surface area contributed by atoms with Crippen molar-refractivity contribution in [2.75, 3.05) is 6.61 Å². The van der Waals surface area contributed by atoms with Crippen LogP contribution in [0, 0.1) is 17.1 Å². The first kappa shape index (κ1) is 21.8. The number of nitriles is 1. The van der Waals surface area contributed by atoms with Gasteiger partial charge in [-0.1, -0.05) is 31.4 Å². The summed E-state index contributed by atoms with van der Waals surface area (Å²) in [5.74, 6) is -1.79. The molecule has 0 amide bonds. The van der Waals surface area contributed by atoms with Gasteiger partial charge in [0.05, 0.1) is 30.8 Å². The molecule has 0 bridgehead atoms. The number of carbonyl (C=O) groups is 1. The summed E-state index contributed by atoms with van der Waals surface area (Å²) in [5.41, 5.74) is 6.94. The average molecular weight is 414 g/mol. The van der Waals surface area contributed by atoms with Crippen molar-refractivity contribution in [2.24, 2.45) is 5.73 Å². The predicted molar refractivity (Wildman–Crippen MR) is 108 cm³/mol. The van der Waals surface area contributed by atoms with Crippen molar-refractivity contribution in [3.63, 3.8) is 0 Å². The molecule has 1 aliphatic carbocycles. The second-order valence-corrected chi connectivity index (χ2v) is 7.54. The summed E-state index contributed by atoms with van der Waals surface area (Å²) in [6.07, 6.45) is 5.68. The topological polar surface area (TPSA) is 94.6 Å². The lowest BCUT2D eigenvalue weighted by molar-refractivity contribution is -0.139. The Hall–Kier alpha value is -2.85. The monoisotopic (exact) mass is 414 g/mol. The summed E-state index contributed by atoms with van der Waals surface area (Å²) in [4.78, 5) is 12.5. The largest absolute Gasteiger partial charge is 0.463 e. The summed E-state index contributed by atoms with van der Waals surface area (Å²) in [6.45, 7) is 3.61. The molecule has 1 unspecified atom stereocenters. The van der Waals surface area contributed by atoms with E-state index in [0.717, 1.165) is 25.7 Å². The van der Waals surface area contributed by atoms with Gasteiger partial charge in [0.25, 0.3) is 0 Å². The van der Waals surface area contributed by atoms with Crippen molar-refractivity contribution in [1.82, 2.24) is 0 Å². The Labute approximate surface area is 176 Å². The molecule has 3 rings (SSSR count). The molecule has 2 N–H and O–H groups in total. The van der Waals surface area contributed by atoms with Gasteiger partial charge in [0.2, 0.25) is 5.88 Å². The SMILES string of the molecule is CCOC(=O)C1=C(C)OC(N)=C(C#N)C1c1ccc(COC2CCCCC2)c(F)c1. The Morgan fingerprint density at radius 2 is 2.07 bits per heavy atom. The van der Waals surface area contributed by atoms with E-state index >= 15 is 0 Å². The van der Waals surface area contributed by atoms with Crippen LogP contribution in [-0.2, 0) is 25.6 Å². The van der Waals surface area contributed by atoms with Crippen LogP contribution >= 0.6 is 0 Å². The first-order chi connectivity index (χ1) is 14.5. The zero-order valence-electron chi connectivity index (χ0n) is 17.4. The van der Waals surface area contributed by atoms with Crippen LogP contribution in [-0.4, -0.2) is 18.7 Å². The smallest absolute Gasteiger partial charge is 0.338 e. The highest BCUT2D eigenvalue weighted by Crippen LogP contribution is 2.40. The molecule has 1 aliphatic heterocycles. The quantitative estimate of drug-likeness (QED) is 0.697. The molecule has 160 valence electrons. The van der Waals surface area contributed by atoms with Crippen LogP contribution in [0.25, 0.3) is 0 Å². The normalized spacial score (nSPS) is 20.0. The lowest BCUT2D eigenvalue weighted by Crippen LogP contribution is -2.25. The Bertz CT molecular complexity index is 910. The third kappa shape index (κ3) is 4.65. The number of hydrogen-bond donors (Lipinski definition) is 1. The van der Waals surface area contributed by atoms with Gasteiger partial charge in [0, 0.05) is 5.56 Å². The number of halogens is 1. The number of allylic oxidation sites excluding steroid dienone is 2. The van der Waals surface area contributed by atoms with Gasteiger partial charge in [-0.05, 0) is 38.3 Å². The molecule has 7 heteroatoms. The molecule has 1 atom stereocenters. The fraction of sp³-hybridized carbons (Fsp3) is 0.478. The number of ether oxygens (including phenoxy) is 3. The van der Waals surface area contributed by atoms with Crippen LogP contribution < -0.4 is 5.73 Å². The molecule has 1 fully saturated rings. The van der Waals surface area contributed by atoms with Crippen molar-refractivity contribution < 1.29 is 23.4 Å². The highest BCUT2D eigenvalue weighted by Gasteiger charge is 2.36. The number of benzene rings is 1. The maximum atomic E-state index is 14.9. The van der Waals surface area contributed by atoms with Crippen LogP contribution in [0.5, 0.6) is 0 Å². The van der Waals surface area contributed by atoms with Gasteiger partial charge >= 0.3 is 5.97 Å². The highest BCUT2D eigenvalue weighted by molar-refractivity contribution is 5.92. The summed E-state index contributed by atoms with van der Waals surface area (Å²) in [7, 11) is 0. The minimum Gasteiger partial charge on any atom is -0.463 e. The molecule has 0 spiro atoms. The molecular weight excluding hydrogens is 387 g/mol. The minimum absolute atomic E-state index is 0.0502. The first-order valence-corrected chi connectivity index (χ1v) is 10.3. The fourth-order valence-corrected chi connectivity index (χ4v) is 3.99. The van der Waals surface area contributed by atoms with E-state index in [1.54, 1.807) is 26.0 Å². The molecule has 0 aromatic heterocycles. The maximum Gasteiger partial charge on any atom is 0.338 e. The van der Waals surface area contributed by atoms with Gasteiger partial charge in [-0.3, -0.25) is 0 Å². The van der Waals surface area contributed by atoms with E-state index in [4.69, 9.17) is 19.9 Å². The predicted octanol–water partition coefficient (Wildman–Crippen LogP) is 4.32. The standard InChI is InChI=1S/C23H27FN2O4/c1-3-28-23(27)20-14(2)30-22(26)18(12-25)21(20)15-9-10-16(19(24)11-15)13-29-17-7-5-4-6-8-17/h9-11,17,21H,3-8,13,26H2,1-2H3. The van der Waals surface area contributed by atoms with Crippen LogP contribution in [0.4, 0.5) is 4.39 Å². The van der Waals surface area contributed by atoms with E-state index in [1.165, 1.54) is 12.5 Å². The van der Waals surface area contributed by atoms with Gasteiger partial charge in [-0.25, -0.2) is 9.18 Å². The summed E-state index contributed by atoms with van der Waals surface area (Å²) < 4.78 is 31.3. The third-order valence-electron chi connectivity index (χ3n) is 5.54. The van der Waals surface area contributed by atoms with E-state index in [1.807, 2.05) is 6.07 Å². The first-order valence-electron chi connectivity index (χ1n) is 10.3. The lowest BCUT2D eigenvalue weighted by Gasteiger charge is -2.27. The highest BCUT2D eigenvalue weighted by atomic mass is 19.1. The number of hydrogen-bond acceptors (Lipinski definition) is 6. The average Bonchev–Trinajstić information content (AvgIpc) is 2.73. The zero-order valence-corrected chi connectivity index (χ0v) is 17.4. The molecule has 0 saturated heterocycles. The Morgan fingerprint density at radius 1 is 1.33 bits per heavy atom. The Balaban J connectivity index is 1.88. The van der Waals surface area contributed by atoms with Crippen LogP contribution in [0.2, 0.25) is 0 Å². The number of nitrogens with zero attached hydrogens (tertiary/aromatic N) is 1. The molecule has 2 aliphatic rings.